The van der Waals surface area contributed by atoms with Gasteiger partial charge in [-0.2, -0.15) is 15.0 Å². The molecule has 7 nitrogen and oxygen atoms in total. The van der Waals surface area contributed by atoms with E-state index in [0.29, 0.717) is 22.1 Å². The number of benzene rings is 2. The lowest BCUT2D eigenvalue weighted by Crippen LogP contribution is -2.16. The summed E-state index contributed by atoms with van der Waals surface area (Å²) in [5, 5.41) is 26.5. The minimum absolute atomic E-state index is 0.235. The molecule has 0 unspecified atom stereocenters. The molecule has 0 aliphatic heterocycles. The number of nitrogens with zero attached hydrogens (tertiary/aromatic N) is 5. The zero-order valence-corrected chi connectivity index (χ0v) is 15.0. The molecule has 132 valence electrons. The zero-order chi connectivity index (χ0) is 18.5. The van der Waals surface area contributed by atoms with Crippen LogP contribution in [0.5, 0.6) is 0 Å². The van der Waals surface area contributed by atoms with Crippen LogP contribution in [0, 0.1) is 6.92 Å². The Kier molecular flexibility index (Phi) is 5.28. The molecule has 3 rings (SSSR count). The lowest BCUT2D eigenvalue weighted by atomic mass is 10.1. The van der Waals surface area contributed by atoms with E-state index in [1.165, 1.54) is 4.80 Å². The van der Waals surface area contributed by atoms with Gasteiger partial charge in [0.25, 0.3) is 0 Å². The quantitative estimate of drug-likeness (QED) is 0.406. The molecule has 0 fully saturated rings. The van der Waals surface area contributed by atoms with Gasteiger partial charge in [-0.15, -0.1) is 5.10 Å². The van der Waals surface area contributed by atoms with Crippen LogP contribution >= 0.6 is 11.6 Å². The molecule has 26 heavy (non-hydrogen) atoms. The number of aryl methyl sites for hydroxylation is 1. The molecule has 0 saturated heterocycles. The van der Waals surface area contributed by atoms with Crippen molar-refractivity contribution in [2.24, 2.45) is 10.3 Å². The number of hydrogen-bond donors (Lipinski definition) is 2. The molecule has 2 aromatic carbocycles. The highest BCUT2D eigenvalue weighted by Gasteiger charge is 2.18. The number of nitrogens with one attached hydrogen (secondary N) is 1. The number of hydrogen-bond acceptors (Lipinski definition) is 6. The van der Waals surface area contributed by atoms with Crippen molar-refractivity contribution in [1.29, 1.82) is 0 Å². The van der Waals surface area contributed by atoms with E-state index < -0.39 is 0 Å². The first-order chi connectivity index (χ1) is 12.6. The van der Waals surface area contributed by atoms with Crippen LogP contribution in [-0.4, -0.2) is 31.6 Å². The van der Waals surface area contributed by atoms with Crippen molar-refractivity contribution in [3.05, 3.63) is 71.0 Å². The normalized spacial score (nSPS) is 12.3. The summed E-state index contributed by atoms with van der Waals surface area (Å²) < 4.78 is 0. The van der Waals surface area contributed by atoms with E-state index in [9.17, 15) is 5.21 Å². The van der Waals surface area contributed by atoms with E-state index in [4.69, 9.17) is 11.6 Å². The standard InChI is InChI=1S/C18H17ClN6O/c1-12(20-21-15-8-6-7-14(19)11-15)18(24-26)17-13(2)22-25(23-17)16-9-4-3-5-10-16/h3-11,21,26H,1-2H3/b20-12+,24-18-. The Balaban J connectivity index is 1.87. The molecule has 1 heterocycles. The molecule has 3 aromatic rings. The first-order valence-corrected chi connectivity index (χ1v) is 8.24. The number of halogens is 1. The summed E-state index contributed by atoms with van der Waals surface area (Å²) in [5.74, 6) is 0. The molecule has 2 N–H and O–H groups in total. The molecule has 0 bridgehead atoms. The van der Waals surface area contributed by atoms with Crippen LogP contribution in [0.4, 0.5) is 5.69 Å². The molecular formula is C18H17ClN6O. The summed E-state index contributed by atoms with van der Waals surface area (Å²) in [4.78, 5) is 1.49. The molecule has 0 saturated carbocycles. The van der Waals surface area contributed by atoms with Gasteiger partial charge in [-0.1, -0.05) is 41.0 Å². The highest BCUT2D eigenvalue weighted by Crippen LogP contribution is 2.15. The van der Waals surface area contributed by atoms with Gasteiger partial charge in [-0.25, -0.2) is 0 Å². The molecule has 0 radical (unpaired) electrons. The fourth-order valence-corrected chi connectivity index (χ4v) is 2.52. The number of para-hydroxylation sites is 1. The van der Waals surface area contributed by atoms with Crippen molar-refractivity contribution in [1.82, 2.24) is 15.0 Å². The van der Waals surface area contributed by atoms with E-state index in [1.54, 1.807) is 26.0 Å². The molecular weight excluding hydrogens is 352 g/mol. The largest absolute Gasteiger partial charge is 0.410 e. The van der Waals surface area contributed by atoms with Gasteiger partial charge in [0.1, 0.15) is 5.69 Å². The van der Waals surface area contributed by atoms with Crippen LogP contribution in [0.15, 0.2) is 64.9 Å². The van der Waals surface area contributed by atoms with E-state index in [1.807, 2.05) is 42.5 Å². The van der Waals surface area contributed by atoms with Crippen LogP contribution in [0.25, 0.3) is 5.69 Å². The number of oxime groups is 1. The van der Waals surface area contributed by atoms with Crippen molar-refractivity contribution in [3.8, 4) is 5.69 Å². The van der Waals surface area contributed by atoms with Gasteiger partial charge in [0.05, 0.1) is 22.8 Å². The van der Waals surface area contributed by atoms with Gasteiger partial charge >= 0.3 is 0 Å². The maximum atomic E-state index is 9.48. The number of anilines is 1. The smallest absolute Gasteiger partial charge is 0.155 e. The minimum atomic E-state index is 0.235. The minimum Gasteiger partial charge on any atom is -0.410 e. The van der Waals surface area contributed by atoms with Crippen LogP contribution < -0.4 is 5.43 Å². The summed E-state index contributed by atoms with van der Waals surface area (Å²) >= 11 is 5.95. The van der Waals surface area contributed by atoms with Crippen LogP contribution in [-0.2, 0) is 0 Å². The van der Waals surface area contributed by atoms with Gasteiger partial charge in [-0.3, -0.25) is 5.43 Å². The summed E-state index contributed by atoms with van der Waals surface area (Å²) in [7, 11) is 0. The zero-order valence-electron chi connectivity index (χ0n) is 14.3. The Hall–Kier alpha value is -3.19. The lowest BCUT2D eigenvalue weighted by Gasteiger charge is -2.04. The van der Waals surface area contributed by atoms with Crippen molar-refractivity contribution in [3.63, 3.8) is 0 Å². The van der Waals surface area contributed by atoms with Crippen molar-refractivity contribution >= 4 is 28.7 Å². The van der Waals surface area contributed by atoms with E-state index in [0.717, 1.165) is 11.4 Å². The monoisotopic (exact) mass is 368 g/mol. The summed E-state index contributed by atoms with van der Waals surface area (Å²) in [6.07, 6.45) is 0. The second-order valence-corrected chi connectivity index (χ2v) is 5.96. The van der Waals surface area contributed by atoms with Gasteiger partial charge in [0, 0.05) is 5.02 Å². The maximum absolute atomic E-state index is 9.48. The Labute approximate surface area is 155 Å². The van der Waals surface area contributed by atoms with Gasteiger partial charge in [-0.05, 0) is 44.2 Å². The lowest BCUT2D eigenvalue weighted by molar-refractivity contribution is 0.320. The highest BCUT2D eigenvalue weighted by atomic mass is 35.5. The maximum Gasteiger partial charge on any atom is 0.155 e. The third-order valence-electron chi connectivity index (χ3n) is 3.61. The van der Waals surface area contributed by atoms with E-state index in [2.05, 4.69) is 25.9 Å². The van der Waals surface area contributed by atoms with Crippen LogP contribution in [0.2, 0.25) is 5.02 Å². The second-order valence-electron chi connectivity index (χ2n) is 5.53. The van der Waals surface area contributed by atoms with Gasteiger partial charge in [0.15, 0.2) is 5.71 Å². The second kappa shape index (κ2) is 7.79. The Morgan fingerprint density at radius 2 is 1.88 bits per heavy atom. The summed E-state index contributed by atoms with van der Waals surface area (Å²) in [6, 6.07) is 16.6. The van der Waals surface area contributed by atoms with E-state index in [-0.39, 0.29) is 5.71 Å². The van der Waals surface area contributed by atoms with Crippen LogP contribution in [0.1, 0.15) is 18.3 Å². The average Bonchev–Trinajstić information content (AvgIpc) is 3.03. The predicted molar refractivity (Wildman–Crippen MR) is 103 cm³/mol. The Morgan fingerprint density at radius 1 is 1.12 bits per heavy atom. The predicted octanol–water partition coefficient (Wildman–Crippen LogP) is 3.90. The van der Waals surface area contributed by atoms with Gasteiger partial charge < -0.3 is 5.21 Å². The molecule has 0 spiro atoms. The summed E-state index contributed by atoms with van der Waals surface area (Å²) in [6.45, 7) is 3.51. The van der Waals surface area contributed by atoms with Crippen LogP contribution in [0.3, 0.4) is 0 Å². The molecule has 0 atom stereocenters. The molecule has 0 aliphatic carbocycles. The SMILES string of the molecule is CC(=N\Nc1cccc(Cl)c1)/C(=N/O)c1nn(-c2ccccc2)nc1C. The topological polar surface area (TPSA) is 87.7 Å². The molecule has 0 amide bonds. The average molecular weight is 369 g/mol. The number of hydrazone groups is 1. The van der Waals surface area contributed by atoms with Gasteiger partial charge in [0.2, 0.25) is 0 Å². The van der Waals surface area contributed by atoms with Crippen molar-refractivity contribution < 1.29 is 5.21 Å². The third-order valence-corrected chi connectivity index (χ3v) is 3.85. The summed E-state index contributed by atoms with van der Waals surface area (Å²) in [5.41, 5.74) is 6.18. The Bertz CT molecular complexity index is 965. The van der Waals surface area contributed by atoms with Crippen molar-refractivity contribution in [2.75, 3.05) is 5.43 Å². The highest BCUT2D eigenvalue weighted by molar-refractivity contribution is 6.47. The fourth-order valence-electron chi connectivity index (χ4n) is 2.32. The first-order valence-electron chi connectivity index (χ1n) is 7.86. The van der Waals surface area contributed by atoms with E-state index >= 15 is 0 Å². The molecule has 1 aromatic heterocycles. The number of rotatable bonds is 5. The molecule has 8 heteroatoms. The first kappa shape index (κ1) is 17.6. The van der Waals surface area contributed by atoms with Crippen molar-refractivity contribution in [2.45, 2.75) is 13.8 Å². The number of aromatic nitrogens is 3. The third kappa shape index (κ3) is 3.89. The Morgan fingerprint density at radius 3 is 2.58 bits per heavy atom. The molecule has 0 aliphatic rings. The fraction of sp³-hybridized carbons (Fsp3) is 0.111.